The van der Waals surface area contributed by atoms with E-state index in [9.17, 15) is 4.79 Å². The van der Waals surface area contributed by atoms with Crippen LogP contribution in [0.4, 0.5) is 4.79 Å². The Kier molecular flexibility index (Phi) is 4.54. The Morgan fingerprint density at radius 1 is 1.33 bits per heavy atom. The Hall–Kier alpha value is -2.84. The van der Waals surface area contributed by atoms with Gasteiger partial charge in [-0.05, 0) is 22.9 Å². The molecule has 2 rings (SSSR count). The zero-order valence-corrected chi connectivity index (χ0v) is 11.6. The number of ether oxygens (including phenoxy) is 3. The molecule has 0 fully saturated rings. The molecular weight excluding hydrogens is 278 g/mol. The molecule has 9 nitrogen and oxygen atoms in total. The highest BCUT2D eigenvalue weighted by Crippen LogP contribution is 2.31. The molecule has 2 N–H and O–H groups in total. The number of aromatic nitrogens is 4. The largest absolute Gasteiger partial charge is 0.493 e. The molecule has 21 heavy (non-hydrogen) atoms. The van der Waals surface area contributed by atoms with Gasteiger partial charge in [-0.25, -0.2) is 4.79 Å². The summed E-state index contributed by atoms with van der Waals surface area (Å²) < 4.78 is 15.5. The van der Waals surface area contributed by atoms with Gasteiger partial charge < -0.3 is 19.9 Å². The summed E-state index contributed by atoms with van der Waals surface area (Å²) in [7, 11) is 3.05. The smallest absolute Gasteiger partial charge is 0.405 e. The minimum atomic E-state index is -0.894. The zero-order valence-electron chi connectivity index (χ0n) is 11.6. The maximum atomic E-state index is 11.1. The van der Waals surface area contributed by atoms with E-state index in [0.717, 1.165) is 0 Å². The molecule has 0 aliphatic rings. The Balaban J connectivity index is 2.29. The number of primary amides is 1. The van der Waals surface area contributed by atoms with Crippen LogP contribution in [0.2, 0.25) is 0 Å². The molecule has 1 aromatic heterocycles. The van der Waals surface area contributed by atoms with Crippen LogP contribution in [0.5, 0.6) is 11.5 Å². The minimum absolute atomic E-state index is 0.179. The molecule has 1 heterocycles. The number of nitrogens with zero attached hydrogens (tertiary/aromatic N) is 4. The van der Waals surface area contributed by atoms with Gasteiger partial charge in [0.2, 0.25) is 0 Å². The van der Waals surface area contributed by atoms with Crippen LogP contribution in [0.15, 0.2) is 24.5 Å². The third kappa shape index (κ3) is 3.59. The Morgan fingerprint density at radius 3 is 2.67 bits per heavy atom. The molecule has 0 saturated carbocycles. The van der Waals surface area contributed by atoms with Gasteiger partial charge in [-0.3, -0.25) is 0 Å². The molecule has 1 atom stereocenters. The third-order valence-electron chi connectivity index (χ3n) is 2.76. The Labute approximate surface area is 120 Å². The maximum Gasteiger partial charge on any atom is 0.405 e. The summed E-state index contributed by atoms with van der Waals surface area (Å²) in [6.45, 7) is 0.179. The number of methoxy groups -OCH3 is 2. The molecule has 0 spiro atoms. The molecule has 2 aromatic rings. The van der Waals surface area contributed by atoms with Crippen molar-refractivity contribution in [2.24, 2.45) is 5.73 Å². The lowest BCUT2D eigenvalue weighted by Gasteiger charge is -2.17. The molecule has 9 heteroatoms. The molecule has 1 amide bonds. The van der Waals surface area contributed by atoms with E-state index in [-0.39, 0.29) is 6.54 Å². The summed E-state index contributed by atoms with van der Waals surface area (Å²) in [4.78, 5) is 12.4. The second-order valence-corrected chi connectivity index (χ2v) is 4.03. The standard InChI is InChI=1S/C12H15N5O4/c1-19-9-4-3-8(5-10(9)20-2)11(21-12(13)18)6-17-15-7-14-16-17/h3-5,7,11H,6H2,1-2H3,(H2,13,18). The van der Waals surface area contributed by atoms with E-state index in [1.807, 2.05) is 0 Å². The first-order valence-electron chi connectivity index (χ1n) is 6.02. The van der Waals surface area contributed by atoms with E-state index < -0.39 is 12.2 Å². The van der Waals surface area contributed by atoms with E-state index in [2.05, 4.69) is 15.4 Å². The summed E-state index contributed by atoms with van der Waals surface area (Å²) in [5.41, 5.74) is 5.77. The third-order valence-corrected chi connectivity index (χ3v) is 2.76. The SMILES string of the molecule is COc1ccc(C(Cn2ncnn2)OC(N)=O)cc1OC. The molecule has 0 bridgehead atoms. The van der Waals surface area contributed by atoms with Gasteiger partial charge >= 0.3 is 6.09 Å². The number of rotatable bonds is 6. The van der Waals surface area contributed by atoms with Gasteiger partial charge in [0.25, 0.3) is 0 Å². The maximum absolute atomic E-state index is 11.1. The van der Waals surface area contributed by atoms with Crippen molar-refractivity contribution >= 4 is 6.09 Å². The van der Waals surface area contributed by atoms with Crippen LogP contribution in [0, 0.1) is 0 Å². The Bertz CT molecular complexity index is 602. The first-order valence-corrected chi connectivity index (χ1v) is 6.02. The van der Waals surface area contributed by atoms with E-state index in [1.54, 1.807) is 18.2 Å². The fourth-order valence-electron chi connectivity index (χ4n) is 1.82. The van der Waals surface area contributed by atoms with Crippen LogP contribution in [0.25, 0.3) is 0 Å². The van der Waals surface area contributed by atoms with E-state index in [4.69, 9.17) is 19.9 Å². The molecule has 1 aromatic carbocycles. The highest BCUT2D eigenvalue weighted by atomic mass is 16.6. The monoisotopic (exact) mass is 293 g/mol. The lowest BCUT2D eigenvalue weighted by atomic mass is 10.1. The summed E-state index contributed by atoms with van der Waals surface area (Å²) in [5.74, 6) is 1.08. The average Bonchev–Trinajstić information content (AvgIpc) is 2.98. The molecule has 0 aliphatic heterocycles. The quantitative estimate of drug-likeness (QED) is 0.825. The van der Waals surface area contributed by atoms with E-state index in [0.29, 0.717) is 17.1 Å². The first kappa shape index (κ1) is 14.6. The number of nitrogens with two attached hydrogens (primary N) is 1. The van der Waals surface area contributed by atoms with Crippen LogP contribution < -0.4 is 15.2 Å². The van der Waals surface area contributed by atoms with Crippen LogP contribution in [0.3, 0.4) is 0 Å². The molecule has 0 saturated heterocycles. The molecule has 0 aliphatic carbocycles. The summed E-state index contributed by atoms with van der Waals surface area (Å²) in [6.07, 6.45) is -0.276. The van der Waals surface area contributed by atoms with Crippen LogP contribution in [0.1, 0.15) is 11.7 Å². The van der Waals surface area contributed by atoms with E-state index in [1.165, 1.54) is 25.3 Å². The lowest BCUT2D eigenvalue weighted by Crippen LogP contribution is -2.22. The van der Waals surface area contributed by atoms with Crippen LogP contribution in [-0.4, -0.2) is 40.5 Å². The van der Waals surface area contributed by atoms with Gasteiger partial charge in [0.05, 0.1) is 14.2 Å². The second-order valence-electron chi connectivity index (χ2n) is 4.03. The second kappa shape index (κ2) is 6.55. The highest BCUT2D eigenvalue weighted by molar-refractivity contribution is 5.65. The van der Waals surface area contributed by atoms with Crippen molar-refractivity contribution in [3.63, 3.8) is 0 Å². The number of benzene rings is 1. The van der Waals surface area contributed by atoms with E-state index >= 15 is 0 Å². The number of hydrogen-bond acceptors (Lipinski definition) is 7. The lowest BCUT2D eigenvalue weighted by molar-refractivity contribution is 0.0898. The van der Waals surface area contributed by atoms with Crippen molar-refractivity contribution in [2.45, 2.75) is 12.6 Å². The highest BCUT2D eigenvalue weighted by Gasteiger charge is 2.19. The number of tetrazole rings is 1. The normalized spacial score (nSPS) is 11.7. The number of carbonyl (C=O) groups excluding carboxylic acids is 1. The van der Waals surface area contributed by atoms with Gasteiger partial charge in [0, 0.05) is 0 Å². The topological polar surface area (TPSA) is 114 Å². The van der Waals surface area contributed by atoms with Gasteiger partial charge in [0.1, 0.15) is 6.54 Å². The van der Waals surface area contributed by atoms with Crippen molar-refractivity contribution < 1.29 is 19.0 Å². The first-order chi connectivity index (χ1) is 10.1. The average molecular weight is 293 g/mol. The summed E-state index contributed by atoms with van der Waals surface area (Å²) >= 11 is 0. The van der Waals surface area contributed by atoms with Gasteiger partial charge in [-0.15, -0.1) is 10.2 Å². The van der Waals surface area contributed by atoms with Crippen molar-refractivity contribution in [2.75, 3.05) is 14.2 Å². The fourth-order valence-corrected chi connectivity index (χ4v) is 1.82. The number of carbonyl (C=O) groups is 1. The van der Waals surface area contributed by atoms with Gasteiger partial charge in [-0.2, -0.15) is 4.80 Å². The predicted octanol–water partition coefficient (Wildman–Crippen LogP) is 0.527. The van der Waals surface area contributed by atoms with Crippen molar-refractivity contribution in [1.29, 1.82) is 0 Å². The number of hydrogen-bond donors (Lipinski definition) is 1. The minimum Gasteiger partial charge on any atom is -0.493 e. The molecule has 1 unspecified atom stereocenters. The molecule has 0 radical (unpaired) electrons. The molecular formula is C12H15N5O4. The summed E-state index contributed by atoms with van der Waals surface area (Å²) in [5, 5.41) is 11.2. The number of amides is 1. The van der Waals surface area contributed by atoms with Crippen molar-refractivity contribution in [1.82, 2.24) is 20.2 Å². The van der Waals surface area contributed by atoms with Gasteiger partial charge in [0.15, 0.2) is 23.9 Å². The fraction of sp³-hybridized carbons (Fsp3) is 0.333. The van der Waals surface area contributed by atoms with Crippen LogP contribution in [-0.2, 0) is 11.3 Å². The van der Waals surface area contributed by atoms with Gasteiger partial charge in [-0.1, -0.05) is 6.07 Å². The predicted molar refractivity (Wildman–Crippen MR) is 70.8 cm³/mol. The van der Waals surface area contributed by atoms with Crippen molar-refractivity contribution in [3.05, 3.63) is 30.1 Å². The zero-order chi connectivity index (χ0) is 15.2. The molecule has 112 valence electrons. The Morgan fingerprint density at radius 2 is 2.10 bits per heavy atom. The summed E-state index contributed by atoms with van der Waals surface area (Å²) in [6, 6.07) is 5.15. The van der Waals surface area contributed by atoms with Crippen molar-refractivity contribution in [3.8, 4) is 11.5 Å². The van der Waals surface area contributed by atoms with Crippen LogP contribution >= 0.6 is 0 Å².